The van der Waals surface area contributed by atoms with Crippen LogP contribution in [0.4, 0.5) is 8.78 Å². The van der Waals surface area contributed by atoms with Crippen LogP contribution in [0.3, 0.4) is 0 Å². The van der Waals surface area contributed by atoms with Gasteiger partial charge in [0.25, 0.3) is 0 Å². The second-order valence-corrected chi connectivity index (χ2v) is 7.64. The first-order valence-electron chi connectivity index (χ1n) is 10.4. The summed E-state index contributed by atoms with van der Waals surface area (Å²) in [5.41, 5.74) is 0.501. The summed E-state index contributed by atoms with van der Waals surface area (Å²) in [6.45, 7) is 5.61. The molecule has 0 amide bonds. The Morgan fingerprint density at radius 1 is 1.15 bits per heavy atom. The predicted octanol–water partition coefficient (Wildman–Crippen LogP) is 3.47. The number of aliphatic imine (C=N–C) groups is 1. The second-order valence-electron chi connectivity index (χ2n) is 7.64. The van der Waals surface area contributed by atoms with Crippen LogP contribution in [0, 0.1) is 11.6 Å². The molecule has 0 unspecified atom stereocenters. The van der Waals surface area contributed by atoms with Crippen LogP contribution in [0.25, 0.3) is 0 Å². The highest BCUT2D eigenvalue weighted by molar-refractivity contribution is 5.80. The van der Waals surface area contributed by atoms with Crippen molar-refractivity contribution in [3.63, 3.8) is 0 Å². The highest BCUT2D eigenvalue weighted by atomic mass is 19.1. The molecular formula is C21H32F2N4. The smallest absolute Gasteiger partial charge is 0.191 e. The Kier molecular flexibility index (Phi) is 7.44. The third kappa shape index (κ3) is 5.89. The van der Waals surface area contributed by atoms with Crippen LogP contribution in [0.5, 0.6) is 0 Å². The van der Waals surface area contributed by atoms with E-state index in [9.17, 15) is 8.78 Å². The summed E-state index contributed by atoms with van der Waals surface area (Å²) in [5.74, 6) is -0.250. The van der Waals surface area contributed by atoms with E-state index in [4.69, 9.17) is 0 Å². The number of halogens is 2. The number of piperidine rings is 1. The van der Waals surface area contributed by atoms with Gasteiger partial charge in [-0.15, -0.1) is 0 Å². The molecule has 2 fully saturated rings. The standard InChI is InChI=1S/C21H32F2N4/c1-2-24-21(25-12-9-16-7-8-17(22)15-20(16)23)26-18-10-13-27(14-11-18)19-5-3-4-6-19/h7-8,15,18-19H,2-6,9-14H2,1H3,(H2,24,25,26). The van der Waals surface area contributed by atoms with Gasteiger partial charge in [-0.25, -0.2) is 8.78 Å². The molecule has 6 heteroatoms. The monoisotopic (exact) mass is 378 g/mol. The highest BCUT2D eigenvalue weighted by Gasteiger charge is 2.27. The Morgan fingerprint density at radius 2 is 1.89 bits per heavy atom. The molecule has 27 heavy (non-hydrogen) atoms. The molecule has 0 spiro atoms. The van der Waals surface area contributed by atoms with Gasteiger partial charge in [0.1, 0.15) is 11.6 Å². The maximum Gasteiger partial charge on any atom is 0.191 e. The lowest BCUT2D eigenvalue weighted by Crippen LogP contribution is -2.50. The Balaban J connectivity index is 1.47. The zero-order valence-corrected chi connectivity index (χ0v) is 16.3. The molecule has 150 valence electrons. The van der Waals surface area contributed by atoms with Crippen LogP contribution in [-0.2, 0) is 6.42 Å². The lowest BCUT2D eigenvalue weighted by molar-refractivity contribution is 0.150. The Labute approximate surface area is 161 Å². The summed E-state index contributed by atoms with van der Waals surface area (Å²) >= 11 is 0. The van der Waals surface area contributed by atoms with Crippen molar-refractivity contribution in [2.45, 2.75) is 64.0 Å². The van der Waals surface area contributed by atoms with Crippen molar-refractivity contribution in [2.24, 2.45) is 4.99 Å². The lowest BCUT2D eigenvalue weighted by Gasteiger charge is -2.36. The topological polar surface area (TPSA) is 39.7 Å². The molecule has 1 aromatic carbocycles. The van der Waals surface area contributed by atoms with E-state index in [-0.39, 0.29) is 0 Å². The number of guanidine groups is 1. The first-order chi connectivity index (χ1) is 13.2. The molecule has 4 nitrogen and oxygen atoms in total. The van der Waals surface area contributed by atoms with Crippen LogP contribution in [0.15, 0.2) is 23.2 Å². The van der Waals surface area contributed by atoms with Gasteiger partial charge in [0, 0.05) is 44.3 Å². The molecule has 0 aromatic heterocycles. The number of hydrogen-bond donors (Lipinski definition) is 2. The fourth-order valence-corrected chi connectivity index (χ4v) is 4.20. The zero-order valence-electron chi connectivity index (χ0n) is 16.3. The van der Waals surface area contributed by atoms with Gasteiger partial charge in [0.15, 0.2) is 5.96 Å². The van der Waals surface area contributed by atoms with Crippen molar-refractivity contribution in [2.75, 3.05) is 26.2 Å². The zero-order chi connectivity index (χ0) is 19.1. The molecular weight excluding hydrogens is 346 g/mol. The first kappa shape index (κ1) is 20.1. The Bertz CT molecular complexity index is 621. The highest BCUT2D eigenvalue weighted by Crippen LogP contribution is 2.26. The summed E-state index contributed by atoms with van der Waals surface area (Å²) in [7, 11) is 0. The molecule has 3 rings (SSSR count). The number of nitrogens with one attached hydrogen (secondary N) is 2. The summed E-state index contributed by atoms with van der Waals surface area (Å²) < 4.78 is 26.7. The average Bonchev–Trinajstić information content (AvgIpc) is 3.19. The molecule has 2 N–H and O–H groups in total. The van der Waals surface area contributed by atoms with E-state index in [1.54, 1.807) is 0 Å². The minimum Gasteiger partial charge on any atom is -0.357 e. The maximum atomic E-state index is 13.7. The molecule has 2 aliphatic rings. The molecule has 0 atom stereocenters. The summed E-state index contributed by atoms with van der Waals surface area (Å²) in [6, 6.07) is 4.96. The van der Waals surface area contributed by atoms with Crippen molar-refractivity contribution in [1.82, 2.24) is 15.5 Å². The largest absolute Gasteiger partial charge is 0.357 e. The van der Waals surface area contributed by atoms with Gasteiger partial charge in [0.05, 0.1) is 0 Å². The van der Waals surface area contributed by atoms with Crippen molar-refractivity contribution in [3.8, 4) is 0 Å². The SMILES string of the molecule is CCNC(=NCCc1ccc(F)cc1F)NC1CCN(C2CCCC2)CC1. The average molecular weight is 379 g/mol. The van der Waals surface area contributed by atoms with Gasteiger partial charge >= 0.3 is 0 Å². The summed E-state index contributed by atoms with van der Waals surface area (Å²) in [4.78, 5) is 7.24. The van der Waals surface area contributed by atoms with Gasteiger partial charge in [-0.3, -0.25) is 4.99 Å². The molecule has 1 saturated heterocycles. The summed E-state index contributed by atoms with van der Waals surface area (Å²) in [6.07, 6.45) is 8.22. The van der Waals surface area contributed by atoms with Gasteiger partial charge in [-0.05, 0) is 50.7 Å². The van der Waals surface area contributed by atoms with E-state index in [1.165, 1.54) is 37.8 Å². The number of rotatable bonds is 6. The van der Waals surface area contributed by atoms with Gasteiger partial charge in [-0.1, -0.05) is 18.9 Å². The fourth-order valence-electron chi connectivity index (χ4n) is 4.20. The van der Waals surface area contributed by atoms with Crippen LogP contribution in [0.1, 0.15) is 51.0 Å². The third-order valence-corrected chi connectivity index (χ3v) is 5.72. The van der Waals surface area contributed by atoms with E-state index < -0.39 is 11.6 Å². The van der Waals surface area contributed by atoms with Gasteiger partial charge in [-0.2, -0.15) is 0 Å². The minimum atomic E-state index is -0.543. The van der Waals surface area contributed by atoms with Crippen molar-refractivity contribution >= 4 is 5.96 Å². The van der Waals surface area contributed by atoms with Crippen molar-refractivity contribution in [1.29, 1.82) is 0 Å². The van der Waals surface area contributed by atoms with E-state index in [1.807, 2.05) is 6.92 Å². The van der Waals surface area contributed by atoms with Crippen LogP contribution in [-0.4, -0.2) is 49.1 Å². The third-order valence-electron chi connectivity index (χ3n) is 5.72. The molecule has 0 radical (unpaired) electrons. The van der Waals surface area contributed by atoms with Gasteiger partial charge < -0.3 is 15.5 Å². The summed E-state index contributed by atoms with van der Waals surface area (Å²) in [5, 5.41) is 6.81. The van der Waals surface area contributed by atoms with E-state index in [0.717, 1.165) is 50.5 Å². The lowest BCUT2D eigenvalue weighted by atomic mass is 10.0. The number of likely N-dealkylation sites (tertiary alicyclic amines) is 1. The molecule has 1 aliphatic heterocycles. The number of nitrogens with zero attached hydrogens (tertiary/aromatic N) is 2. The molecule has 1 aliphatic carbocycles. The number of benzene rings is 1. The second kappa shape index (κ2) is 10.0. The molecule has 1 heterocycles. The molecule has 0 bridgehead atoms. The van der Waals surface area contributed by atoms with Crippen LogP contribution in [0.2, 0.25) is 0 Å². The van der Waals surface area contributed by atoms with E-state index in [2.05, 4.69) is 20.5 Å². The normalized spacial score (nSPS) is 20.2. The van der Waals surface area contributed by atoms with E-state index in [0.29, 0.717) is 24.6 Å². The van der Waals surface area contributed by atoms with Crippen LogP contribution < -0.4 is 10.6 Å². The van der Waals surface area contributed by atoms with Gasteiger partial charge in [0.2, 0.25) is 0 Å². The Morgan fingerprint density at radius 3 is 2.56 bits per heavy atom. The first-order valence-corrected chi connectivity index (χ1v) is 10.4. The predicted molar refractivity (Wildman–Crippen MR) is 106 cm³/mol. The minimum absolute atomic E-state index is 0.433. The quantitative estimate of drug-likeness (QED) is 0.588. The Hall–Kier alpha value is -1.69. The molecule has 1 saturated carbocycles. The molecule has 1 aromatic rings. The van der Waals surface area contributed by atoms with E-state index >= 15 is 0 Å². The fraction of sp³-hybridized carbons (Fsp3) is 0.667. The van der Waals surface area contributed by atoms with Crippen LogP contribution >= 0.6 is 0 Å². The number of hydrogen-bond acceptors (Lipinski definition) is 2. The van der Waals surface area contributed by atoms with Crippen molar-refractivity contribution in [3.05, 3.63) is 35.4 Å². The maximum absolute atomic E-state index is 13.7. The van der Waals surface area contributed by atoms with Crippen molar-refractivity contribution < 1.29 is 8.78 Å².